The summed E-state index contributed by atoms with van der Waals surface area (Å²) < 4.78 is 0. The third-order valence-corrected chi connectivity index (χ3v) is 4.39. The molecule has 0 saturated heterocycles. The Morgan fingerprint density at radius 2 is 1.30 bits per heavy atom. The minimum absolute atomic E-state index is 0.0809. The van der Waals surface area contributed by atoms with E-state index >= 15 is 0 Å². The van der Waals surface area contributed by atoms with E-state index in [9.17, 15) is 4.79 Å². The predicted octanol–water partition coefficient (Wildman–Crippen LogP) is 6.33. The van der Waals surface area contributed by atoms with Gasteiger partial charge in [0.2, 0.25) is 0 Å². The van der Waals surface area contributed by atoms with Crippen molar-refractivity contribution in [2.75, 3.05) is 0 Å². The molecule has 0 aromatic rings. The zero-order valence-corrected chi connectivity index (χ0v) is 15.8. The van der Waals surface area contributed by atoms with Crippen LogP contribution >= 0.6 is 0 Å². The quantitative estimate of drug-likeness (QED) is 0.251. The molecule has 0 heterocycles. The molecule has 2 N–H and O–H groups in total. The van der Waals surface area contributed by atoms with Gasteiger partial charge in [0, 0.05) is 12.5 Å². The molecule has 0 amide bonds. The smallest absolute Gasteiger partial charge is 0.131 e. The van der Waals surface area contributed by atoms with Gasteiger partial charge >= 0.3 is 0 Å². The maximum Gasteiger partial charge on any atom is 0.131 e. The largest absolute Gasteiger partial charge is 0.327 e. The standard InChI is InChI=1S/C21H41NO/c1-3-4-5-6-7-8-9-10-11-12-13-14-15-16-17-18-21(22)19-20(2)23/h10-11,21H,3-9,12-19,22H2,1-2H3/b11-10-. The van der Waals surface area contributed by atoms with Crippen LogP contribution in [0.15, 0.2) is 12.2 Å². The summed E-state index contributed by atoms with van der Waals surface area (Å²) in [5, 5.41) is 0. The second kappa shape index (κ2) is 17.7. The van der Waals surface area contributed by atoms with Crippen LogP contribution in [0.3, 0.4) is 0 Å². The van der Waals surface area contributed by atoms with E-state index in [1.807, 2.05) is 0 Å². The van der Waals surface area contributed by atoms with Crippen molar-refractivity contribution in [1.82, 2.24) is 0 Å². The number of hydrogen-bond donors (Lipinski definition) is 1. The zero-order chi connectivity index (χ0) is 17.2. The first kappa shape index (κ1) is 22.4. The van der Waals surface area contributed by atoms with E-state index in [1.165, 1.54) is 83.5 Å². The first-order valence-corrected chi connectivity index (χ1v) is 10.1. The third kappa shape index (κ3) is 19.3. The SMILES string of the molecule is CCCCCCCC/C=C\CCCCCCCC(N)CC(C)=O. The molecule has 23 heavy (non-hydrogen) atoms. The van der Waals surface area contributed by atoms with Gasteiger partial charge in [-0.1, -0.05) is 76.9 Å². The van der Waals surface area contributed by atoms with E-state index in [0.717, 1.165) is 6.42 Å². The molecule has 1 unspecified atom stereocenters. The Hall–Kier alpha value is -0.630. The van der Waals surface area contributed by atoms with E-state index < -0.39 is 0 Å². The number of hydrogen-bond acceptors (Lipinski definition) is 2. The molecule has 0 aliphatic carbocycles. The van der Waals surface area contributed by atoms with Gasteiger partial charge in [-0.3, -0.25) is 4.79 Å². The summed E-state index contributed by atoms with van der Waals surface area (Å²) in [4.78, 5) is 10.9. The summed E-state index contributed by atoms with van der Waals surface area (Å²) in [5.74, 6) is 0.213. The van der Waals surface area contributed by atoms with Gasteiger partial charge in [0.15, 0.2) is 0 Å². The summed E-state index contributed by atoms with van der Waals surface area (Å²) >= 11 is 0. The minimum Gasteiger partial charge on any atom is -0.327 e. The van der Waals surface area contributed by atoms with Crippen LogP contribution < -0.4 is 5.73 Å². The minimum atomic E-state index is 0.0809. The summed E-state index contributed by atoms with van der Waals surface area (Å²) in [7, 11) is 0. The summed E-state index contributed by atoms with van der Waals surface area (Å²) in [5.41, 5.74) is 5.90. The van der Waals surface area contributed by atoms with Crippen LogP contribution in [0.2, 0.25) is 0 Å². The lowest BCUT2D eigenvalue weighted by molar-refractivity contribution is -0.117. The Balaban J connectivity index is 3.17. The molecular weight excluding hydrogens is 282 g/mol. The number of nitrogens with two attached hydrogens (primary N) is 1. The molecule has 0 radical (unpaired) electrons. The van der Waals surface area contributed by atoms with Gasteiger partial charge in [0.05, 0.1) is 0 Å². The fourth-order valence-electron chi connectivity index (χ4n) is 2.95. The lowest BCUT2D eigenvalue weighted by atomic mass is 10.0. The van der Waals surface area contributed by atoms with Crippen LogP contribution in [0, 0.1) is 0 Å². The highest BCUT2D eigenvalue weighted by Crippen LogP contribution is 2.11. The van der Waals surface area contributed by atoms with Crippen molar-refractivity contribution in [2.45, 2.75) is 116 Å². The van der Waals surface area contributed by atoms with Gasteiger partial charge in [-0.2, -0.15) is 0 Å². The van der Waals surface area contributed by atoms with Crippen LogP contribution in [0.25, 0.3) is 0 Å². The van der Waals surface area contributed by atoms with E-state index in [4.69, 9.17) is 5.73 Å². The van der Waals surface area contributed by atoms with Gasteiger partial charge in [-0.15, -0.1) is 0 Å². The van der Waals surface area contributed by atoms with Crippen molar-refractivity contribution in [3.63, 3.8) is 0 Å². The van der Waals surface area contributed by atoms with Crippen molar-refractivity contribution >= 4 is 5.78 Å². The Kier molecular flexibility index (Phi) is 17.2. The van der Waals surface area contributed by atoms with Gasteiger partial charge in [0.25, 0.3) is 0 Å². The molecule has 0 aromatic carbocycles. The number of carbonyl (C=O) groups is 1. The van der Waals surface area contributed by atoms with Crippen LogP contribution in [0.5, 0.6) is 0 Å². The van der Waals surface area contributed by atoms with Crippen molar-refractivity contribution in [1.29, 1.82) is 0 Å². The van der Waals surface area contributed by atoms with Gasteiger partial charge < -0.3 is 5.73 Å². The molecule has 0 rings (SSSR count). The van der Waals surface area contributed by atoms with Crippen molar-refractivity contribution in [2.24, 2.45) is 5.73 Å². The molecular formula is C21H41NO. The number of ketones is 1. The fourth-order valence-corrected chi connectivity index (χ4v) is 2.95. The molecule has 1 atom stereocenters. The summed E-state index contributed by atoms with van der Waals surface area (Å²) in [6, 6.07) is 0.0809. The topological polar surface area (TPSA) is 43.1 Å². The zero-order valence-electron chi connectivity index (χ0n) is 15.8. The molecule has 0 spiro atoms. The van der Waals surface area contributed by atoms with Crippen molar-refractivity contribution < 1.29 is 4.79 Å². The first-order valence-electron chi connectivity index (χ1n) is 10.1. The number of unbranched alkanes of at least 4 members (excludes halogenated alkanes) is 11. The number of rotatable bonds is 17. The highest BCUT2D eigenvalue weighted by molar-refractivity contribution is 5.76. The summed E-state index contributed by atoms with van der Waals surface area (Å²) in [6.07, 6.45) is 23.5. The average molecular weight is 324 g/mol. The first-order chi connectivity index (χ1) is 11.2. The van der Waals surface area contributed by atoms with Gasteiger partial charge in [0.1, 0.15) is 5.78 Å². The Bertz CT molecular complexity index is 286. The van der Waals surface area contributed by atoms with Crippen LogP contribution in [0.1, 0.15) is 110 Å². The van der Waals surface area contributed by atoms with Crippen LogP contribution in [-0.2, 0) is 4.79 Å². The van der Waals surface area contributed by atoms with Gasteiger partial charge in [-0.25, -0.2) is 0 Å². The molecule has 2 heteroatoms. The molecule has 2 nitrogen and oxygen atoms in total. The molecule has 0 saturated carbocycles. The maximum atomic E-state index is 10.9. The van der Waals surface area contributed by atoms with Gasteiger partial charge in [-0.05, 0) is 39.0 Å². The van der Waals surface area contributed by atoms with E-state index in [2.05, 4.69) is 19.1 Å². The average Bonchev–Trinajstić information content (AvgIpc) is 2.50. The van der Waals surface area contributed by atoms with Crippen LogP contribution in [0.4, 0.5) is 0 Å². The second-order valence-corrected chi connectivity index (χ2v) is 7.04. The molecule has 0 aromatic heterocycles. The predicted molar refractivity (Wildman–Crippen MR) is 103 cm³/mol. The fraction of sp³-hybridized carbons (Fsp3) is 0.857. The molecule has 0 aliphatic heterocycles. The van der Waals surface area contributed by atoms with E-state index in [-0.39, 0.29) is 11.8 Å². The molecule has 0 aliphatic rings. The maximum absolute atomic E-state index is 10.9. The van der Waals surface area contributed by atoms with E-state index in [0.29, 0.717) is 6.42 Å². The molecule has 136 valence electrons. The van der Waals surface area contributed by atoms with Crippen molar-refractivity contribution in [3.8, 4) is 0 Å². The normalized spacial score (nSPS) is 12.8. The third-order valence-electron chi connectivity index (χ3n) is 4.39. The van der Waals surface area contributed by atoms with Crippen molar-refractivity contribution in [3.05, 3.63) is 12.2 Å². The van der Waals surface area contributed by atoms with Crippen LogP contribution in [-0.4, -0.2) is 11.8 Å². The monoisotopic (exact) mass is 323 g/mol. The Morgan fingerprint density at radius 1 is 0.826 bits per heavy atom. The lowest BCUT2D eigenvalue weighted by Crippen LogP contribution is -2.22. The second-order valence-electron chi connectivity index (χ2n) is 7.04. The lowest BCUT2D eigenvalue weighted by Gasteiger charge is -2.08. The summed E-state index contributed by atoms with van der Waals surface area (Å²) in [6.45, 7) is 3.89. The van der Waals surface area contributed by atoms with E-state index in [1.54, 1.807) is 6.92 Å². The highest BCUT2D eigenvalue weighted by atomic mass is 16.1. The Labute approximate surface area is 145 Å². The number of allylic oxidation sites excluding steroid dienone is 2. The number of Topliss-reactive ketones (excluding diaryl/α,β-unsaturated/α-hetero) is 1. The molecule has 0 bridgehead atoms. The number of carbonyl (C=O) groups excluding carboxylic acids is 1. The molecule has 0 fully saturated rings. The Morgan fingerprint density at radius 3 is 1.83 bits per heavy atom. The highest BCUT2D eigenvalue weighted by Gasteiger charge is 2.04.